The molecule has 0 aliphatic carbocycles. The van der Waals surface area contributed by atoms with Crippen LogP contribution in [-0.2, 0) is 16.0 Å². The standard InChI is InChI=1S/C23H28N2O5/c1-4-30-19-8-6-18(7-9-19)25-15-17(13-23(25)27)14-24-22(26)12-16-5-10-20(28-2)21(11-16)29-3/h5-11,17H,4,12-15H2,1-3H3,(H,24,26). The van der Waals surface area contributed by atoms with E-state index in [4.69, 9.17) is 14.2 Å². The Bertz CT molecular complexity index is 882. The maximum absolute atomic E-state index is 12.4. The zero-order valence-corrected chi connectivity index (χ0v) is 17.6. The average molecular weight is 412 g/mol. The lowest BCUT2D eigenvalue weighted by atomic mass is 10.1. The fourth-order valence-electron chi connectivity index (χ4n) is 3.55. The molecule has 1 aliphatic heterocycles. The summed E-state index contributed by atoms with van der Waals surface area (Å²) in [7, 11) is 3.14. The topological polar surface area (TPSA) is 77.1 Å². The van der Waals surface area contributed by atoms with Crippen LogP contribution in [0.4, 0.5) is 5.69 Å². The highest BCUT2D eigenvalue weighted by atomic mass is 16.5. The Morgan fingerprint density at radius 2 is 1.83 bits per heavy atom. The number of nitrogens with zero attached hydrogens (tertiary/aromatic N) is 1. The predicted molar refractivity (Wildman–Crippen MR) is 114 cm³/mol. The van der Waals surface area contributed by atoms with Gasteiger partial charge in [-0.2, -0.15) is 0 Å². The van der Waals surface area contributed by atoms with Crippen LogP contribution < -0.4 is 24.4 Å². The second kappa shape index (κ2) is 10.0. The molecule has 1 saturated heterocycles. The highest BCUT2D eigenvalue weighted by Crippen LogP contribution is 2.28. The van der Waals surface area contributed by atoms with E-state index in [9.17, 15) is 9.59 Å². The zero-order chi connectivity index (χ0) is 21.5. The summed E-state index contributed by atoms with van der Waals surface area (Å²) in [5.41, 5.74) is 1.69. The van der Waals surface area contributed by atoms with Crippen LogP contribution in [0, 0.1) is 5.92 Å². The number of carbonyl (C=O) groups excluding carboxylic acids is 2. The molecule has 30 heavy (non-hydrogen) atoms. The molecule has 1 atom stereocenters. The number of amides is 2. The van der Waals surface area contributed by atoms with E-state index in [1.165, 1.54) is 0 Å². The van der Waals surface area contributed by atoms with Gasteiger partial charge in [0.05, 0.1) is 27.2 Å². The molecule has 2 amide bonds. The summed E-state index contributed by atoms with van der Waals surface area (Å²) in [5.74, 6) is 2.06. The van der Waals surface area contributed by atoms with Crippen molar-refractivity contribution in [2.45, 2.75) is 19.8 Å². The Morgan fingerprint density at radius 3 is 2.50 bits per heavy atom. The lowest BCUT2D eigenvalue weighted by Gasteiger charge is -2.17. The molecule has 7 nitrogen and oxygen atoms in total. The first-order valence-corrected chi connectivity index (χ1v) is 10.0. The number of carbonyl (C=O) groups is 2. The molecule has 0 bridgehead atoms. The molecule has 1 aliphatic rings. The fourth-order valence-corrected chi connectivity index (χ4v) is 3.55. The fraction of sp³-hybridized carbons (Fsp3) is 0.391. The molecule has 160 valence electrons. The number of anilines is 1. The number of benzene rings is 2. The van der Waals surface area contributed by atoms with Gasteiger partial charge in [0.1, 0.15) is 5.75 Å². The predicted octanol–water partition coefficient (Wildman–Crippen LogP) is 2.81. The molecule has 7 heteroatoms. The Kier molecular flexibility index (Phi) is 7.17. The molecular formula is C23H28N2O5. The molecule has 1 fully saturated rings. The Labute approximate surface area is 176 Å². The summed E-state index contributed by atoms with van der Waals surface area (Å²) < 4.78 is 15.9. The largest absolute Gasteiger partial charge is 0.494 e. The van der Waals surface area contributed by atoms with Gasteiger partial charge < -0.3 is 24.4 Å². The van der Waals surface area contributed by atoms with Gasteiger partial charge in [0, 0.05) is 31.1 Å². The van der Waals surface area contributed by atoms with E-state index < -0.39 is 0 Å². The quantitative estimate of drug-likeness (QED) is 0.685. The minimum Gasteiger partial charge on any atom is -0.494 e. The van der Waals surface area contributed by atoms with Crippen LogP contribution >= 0.6 is 0 Å². The van der Waals surface area contributed by atoms with Crippen LogP contribution in [0.1, 0.15) is 18.9 Å². The summed E-state index contributed by atoms with van der Waals surface area (Å²) >= 11 is 0. The maximum atomic E-state index is 12.4. The number of hydrogen-bond donors (Lipinski definition) is 1. The van der Waals surface area contributed by atoms with Crippen LogP contribution in [-0.4, -0.2) is 45.7 Å². The molecule has 2 aromatic rings. The van der Waals surface area contributed by atoms with Gasteiger partial charge in [0.15, 0.2) is 11.5 Å². The van der Waals surface area contributed by atoms with E-state index in [0.29, 0.717) is 37.6 Å². The number of nitrogens with one attached hydrogen (secondary N) is 1. The van der Waals surface area contributed by atoms with Gasteiger partial charge >= 0.3 is 0 Å². The number of rotatable bonds is 9. The molecule has 0 spiro atoms. The van der Waals surface area contributed by atoms with Crippen molar-refractivity contribution in [1.29, 1.82) is 0 Å². The van der Waals surface area contributed by atoms with Gasteiger partial charge in [-0.3, -0.25) is 9.59 Å². The highest BCUT2D eigenvalue weighted by Gasteiger charge is 2.30. The molecule has 1 heterocycles. The van der Waals surface area contributed by atoms with Gasteiger partial charge in [-0.1, -0.05) is 6.07 Å². The number of ether oxygens (including phenoxy) is 3. The summed E-state index contributed by atoms with van der Waals surface area (Å²) in [6, 6.07) is 12.9. The zero-order valence-electron chi connectivity index (χ0n) is 17.6. The minimum absolute atomic E-state index is 0.0679. The van der Waals surface area contributed by atoms with Crippen molar-refractivity contribution in [3.05, 3.63) is 48.0 Å². The lowest BCUT2D eigenvalue weighted by molar-refractivity contribution is -0.121. The van der Waals surface area contributed by atoms with Gasteiger partial charge in [-0.05, 0) is 48.9 Å². The van der Waals surface area contributed by atoms with Crippen molar-refractivity contribution >= 4 is 17.5 Å². The van der Waals surface area contributed by atoms with Gasteiger partial charge in [-0.15, -0.1) is 0 Å². The number of hydrogen-bond acceptors (Lipinski definition) is 5. The Morgan fingerprint density at radius 1 is 1.10 bits per heavy atom. The first-order chi connectivity index (χ1) is 14.5. The number of methoxy groups -OCH3 is 2. The third kappa shape index (κ3) is 5.23. The molecule has 3 rings (SSSR count). The van der Waals surface area contributed by atoms with Crippen LogP contribution in [0.15, 0.2) is 42.5 Å². The van der Waals surface area contributed by atoms with E-state index in [2.05, 4.69) is 5.32 Å². The SMILES string of the molecule is CCOc1ccc(N2CC(CNC(=O)Cc3ccc(OC)c(OC)c3)CC2=O)cc1. The summed E-state index contributed by atoms with van der Waals surface area (Å²) in [6.45, 7) is 3.59. The van der Waals surface area contributed by atoms with Crippen LogP contribution in [0.5, 0.6) is 17.2 Å². The normalized spacial score (nSPS) is 15.8. The summed E-state index contributed by atoms with van der Waals surface area (Å²) in [6.07, 6.45) is 0.660. The van der Waals surface area contributed by atoms with Crippen molar-refractivity contribution in [3.63, 3.8) is 0 Å². The third-order valence-electron chi connectivity index (χ3n) is 5.07. The second-order valence-electron chi connectivity index (χ2n) is 7.17. The third-order valence-corrected chi connectivity index (χ3v) is 5.07. The van der Waals surface area contributed by atoms with Gasteiger partial charge in [0.2, 0.25) is 11.8 Å². The van der Waals surface area contributed by atoms with E-state index in [1.807, 2.05) is 37.3 Å². The van der Waals surface area contributed by atoms with E-state index in [-0.39, 0.29) is 24.2 Å². The van der Waals surface area contributed by atoms with Crippen LogP contribution in [0.2, 0.25) is 0 Å². The summed E-state index contributed by atoms with van der Waals surface area (Å²) in [4.78, 5) is 26.5. The monoisotopic (exact) mass is 412 g/mol. The van der Waals surface area contributed by atoms with Crippen LogP contribution in [0.3, 0.4) is 0 Å². The molecule has 1 unspecified atom stereocenters. The molecule has 0 aromatic heterocycles. The first-order valence-electron chi connectivity index (χ1n) is 10.0. The average Bonchev–Trinajstić information content (AvgIpc) is 3.13. The molecule has 0 radical (unpaired) electrons. The van der Waals surface area contributed by atoms with E-state index in [1.54, 1.807) is 31.3 Å². The molecule has 2 aromatic carbocycles. The molecular weight excluding hydrogens is 384 g/mol. The maximum Gasteiger partial charge on any atom is 0.227 e. The Balaban J connectivity index is 1.51. The minimum atomic E-state index is -0.0887. The van der Waals surface area contributed by atoms with Crippen molar-refractivity contribution in [2.24, 2.45) is 5.92 Å². The molecule has 1 N–H and O–H groups in total. The second-order valence-corrected chi connectivity index (χ2v) is 7.17. The lowest BCUT2D eigenvalue weighted by Crippen LogP contribution is -2.32. The van der Waals surface area contributed by atoms with Crippen molar-refractivity contribution in [2.75, 3.05) is 38.8 Å². The Hall–Kier alpha value is -3.22. The van der Waals surface area contributed by atoms with E-state index >= 15 is 0 Å². The smallest absolute Gasteiger partial charge is 0.227 e. The summed E-state index contributed by atoms with van der Waals surface area (Å²) in [5, 5.41) is 2.95. The van der Waals surface area contributed by atoms with Gasteiger partial charge in [0.25, 0.3) is 0 Å². The molecule has 0 saturated carbocycles. The highest BCUT2D eigenvalue weighted by molar-refractivity contribution is 5.95. The van der Waals surface area contributed by atoms with Crippen LogP contribution in [0.25, 0.3) is 0 Å². The van der Waals surface area contributed by atoms with Gasteiger partial charge in [-0.25, -0.2) is 0 Å². The van der Waals surface area contributed by atoms with Crippen molar-refractivity contribution in [1.82, 2.24) is 5.32 Å². The van der Waals surface area contributed by atoms with E-state index in [0.717, 1.165) is 17.0 Å². The van der Waals surface area contributed by atoms with Crippen molar-refractivity contribution in [3.8, 4) is 17.2 Å². The first kappa shape index (κ1) is 21.5. The van der Waals surface area contributed by atoms with Crippen molar-refractivity contribution < 1.29 is 23.8 Å².